The first-order valence-corrected chi connectivity index (χ1v) is 4.98. The molecule has 5 heteroatoms. The van der Waals surface area contributed by atoms with Gasteiger partial charge in [0.25, 0.3) is 0 Å². The van der Waals surface area contributed by atoms with Crippen molar-refractivity contribution >= 4 is 0 Å². The molecule has 1 aromatic heterocycles. The molecule has 0 atom stereocenters. The molecule has 0 radical (unpaired) electrons. The van der Waals surface area contributed by atoms with Crippen molar-refractivity contribution in [1.82, 2.24) is 4.98 Å². The third-order valence-corrected chi connectivity index (χ3v) is 2.45. The fourth-order valence-corrected chi connectivity index (χ4v) is 1.49. The van der Waals surface area contributed by atoms with Crippen molar-refractivity contribution in [2.24, 2.45) is 0 Å². The van der Waals surface area contributed by atoms with Gasteiger partial charge in [-0.25, -0.2) is 13.2 Å². The van der Waals surface area contributed by atoms with E-state index in [0.29, 0.717) is 6.07 Å². The number of nitrogens with zero attached hydrogens (tertiary/aromatic N) is 1. The van der Waals surface area contributed by atoms with Gasteiger partial charge in [-0.05, 0) is 24.6 Å². The van der Waals surface area contributed by atoms with E-state index in [1.807, 2.05) is 0 Å². The van der Waals surface area contributed by atoms with Crippen LogP contribution in [0.15, 0.2) is 24.4 Å². The van der Waals surface area contributed by atoms with Crippen LogP contribution in [0, 0.1) is 24.4 Å². The average Bonchev–Trinajstić information content (AvgIpc) is 2.35. The van der Waals surface area contributed by atoms with E-state index in [1.54, 1.807) is 0 Å². The van der Waals surface area contributed by atoms with E-state index >= 15 is 0 Å². The summed E-state index contributed by atoms with van der Waals surface area (Å²) >= 11 is 0. The zero-order valence-corrected chi connectivity index (χ0v) is 9.30. The molecule has 2 rings (SSSR count). The van der Waals surface area contributed by atoms with Crippen LogP contribution < -0.4 is 4.74 Å². The molecule has 0 fully saturated rings. The quantitative estimate of drug-likeness (QED) is 0.820. The lowest BCUT2D eigenvalue weighted by Gasteiger charge is -2.07. The van der Waals surface area contributed by atoms with Crippen molar-refractivity contribution in [3.63, 3.8) is 0 Å². The Morgan fingerprint density at radius 2 is 1.89 bits per heavy atom. The Balaban J connectivity index is 2.47. The van der Waals surface area contributed by atoms with Crippen LogP contribution in [0.1, 0.15) is 9.68 Å². The molecule has 0 amide bonds. The molecule has 0 unspecified atom stereocenters. The molecule has 94 valence electrons. The highest BCUT2D eigenvalue weighted by atomic mass is 19.1. The van der Waals surface area contributed by atoms with Gasteiger partial charge in [-0.3, -0.25) is 4.98 Å². The van der Waals surface area contributed by atoms with Crippen molar-refractivity contribution in [2.75, 3.05) is 7.04 Å². The lowest BCUT2D eigenvalue weighted by molar-refractivity contribution is 0.383. The fraction of sp³-hybridized carbons (Fsp3) is 0.154. The summed E-state index contributed by atoms with van der Waals surface area (Å²) in [4.78, 5) is 3.68. The summed E-state index contributed by atoms with van der Waals surface area (Å²) in [5.41, 5.74) is 0.0434. The monoisotopic (exact) mass is 256 g/mol. The predicted molar refractivity (Wildman–Crippen MR) is 60.8 cm³/mol. The summed E-state index contributed by atoms with van der Waals surface area (Å²) in [6.45, 7) is 1.46. The van der Waals surface area contributed by atoms with Gasteiger partial charge in [0.05, 0.1) is 23.0 Å². The van der Waals surface area contributed by atoms with Crippen LogP contribution >= 0.6 is 0 Å². The van der Waals surface area contributed by atoms with E-state index in [1.165, 1.54) is 13.0 Å². The molecule has 0 saturated carbocycles. The van der Waals surface area contributed by atoms with Gasteiger partial charge in [-0.1, -0.05) is 0 Å². The van der Waals surface area contributed by atoms with Crippen LogP contribution in [0.25, 0.3) is 11.3 Å². The number of benzene rings is 1. The molecular formula is C13H10F3NO. The van der Waals surface area contributed by atoms with Gasteiger partial charge < -0.3 is 4.74 Å². The summed E-state index contributed by atoms with van der Waals surface area (Å²) in [6.07, 6.45) is 0.898. The molecular weight excluding hydrogens is 243 g/mol. The minimum absolute atomic E-state index is 0.0331. The number of pyridine rings is 1. The van der Waals surface area contributed by atoms with Crippen LogP contribution in [0.3, 0.4) is 0 Å². The molecule has 2 aromatic rings. The number of aromatic nitrogens is 1. The second-order valence-electron chi connectivity index (χ2n) is 3.68. The number of methoxy groups -OCH3 is 1. The van der Waals surface area contributed by atoms with Crippen molar-refractivity contribution in [3.05, 3.63) is 47.4 Å². The summed E-state index contributed by atoms with van der Waals surface area (Å²) in [6, 6.07) is 2.64. The Kier molecular flexibility index (Phi) is 2.33. The largest absolute Gasteiger partial charge is 0.494 e. The van der Waals surface area contributed by atoms with Crippen LogP contribution in [0.2, 0.25) is 0 Å². The Morgan fingerprint density at radius 1 is 1.11 bits per heavy atom. The molecule has 18 heavy (non-hydrogen) atoms. The van der Waals surface area contributed by atoms with E-state index in [9.17, 15) is 13.2 Å². The lowest BCUT2D eigenvalue weighted by Crippen LogP contribution is -1.95. The molecule has 0 aliphatic carbocycles. The first kappa shape index (κ1) is 8.97. The van der Waals surface area contributed by atoms with Crippen molar-refractivity contribution < 1.29 is 22.0 Å². The van der Waals surface area contributed by atoms with Crippen molar-refractivity contribution in [2.45, 2.75) is 6.92 Å². The number of aryl methyl sites for hydroxylation is 1. The molecule has 0 aliphatic heterocycles. The van der Waals surface area contributed by atoms with Gasteiger partial charge in [0.2, 0.25) is 0 Å². The van der Waals surface area contributed by atoms with Crippen molar-refractivity contribution in [1.29, 1.82) is 0 Å². The van der Waals surface area contributed by atoms with E-state index in [2.05, 4.69) is 9.72 Å². The molecule has 0 aliphatic rings. The van der Waals surface area contributed by atoms with Crippen LogP contribution in [-0.2, 0) is 0 Å². The highest BCUT2D eigenvalue weighted by Crippen LogP contribution is 2.28. The lowest BCUT2D eigenvalue weighted by atomic mass is 10.1. The fourth-order valence-electron chi connectivity index (χ4n) is 1.49. The summed E-state index contributed by atoms with van der Waals surface area (Å²) in [7, 11) is -2.89. The topological polar surface area (TPSA) is 22.1 Å². The first-order valence-electron chi connectivity index (χ1n) is 6.48. The van der Waals surface area contributed by atoms with Crippen LogP contribution in [0.5, 0.6) is 5.75 Å². The maximum absolute atomic E-state index is 14.0. The van der Waals surface area contributed by atoms with Gasteiger partial charge >= 0.3 is 0 Å². The Bertz CT molecular complexity index is 689. The maximum atomic E-state index is 14.0. The zero-order valence-electron chi connectivity index (χ0n) is 12.3. The van der Waals surface area contributed by atoms with E-state index < -0.39 is 30.2 Å². The summed E-state index contributed by atoms with van der Waals surface area (Å²) in [5.74, 6) is -3.27. The minimum atomic E-state index is -2.89. The zero-order chi connectivity index (χ0) is 15.8. The molecule has 1 aromatic carbocycles. The second-order valence-corrected chi connectivity index (χ2v) is 3.68. The highest BCUT2D eigenvalue weighted by Gasteiger charge is 2.13. The maximum Gasteiger partial charge on any atom is 0.165 e. The van der Waals surface area contributed by atoms with Gasteiger partial charge in [0.15, 0.2) is 11.6 Å². The second kappa shape index (κ2) is 4.68. The molecule has 0 bridgehead atoms. The Labute approximate surface area is 106 Å². The number of hydrogen-bond acceptors (Lipinski definition) is 2. The number of rotatable bonds is 2. The number of halogens is 3. The van der Waals surface area contributed by atoms with Gasteiger partial charge in [-0.2, -0.15) is 0 Å². The van der Waals surface area contributed by atoms with Gasteiger partial charge in [-0.15, -0.1) is 0 Å². The Hall–Kier alpha value is -2.04. The normalized spacial score (nSPS) is 13.7. The molecule has 2 nitrogen and oxygen atoms in total. The Morgan fingerprint density at radius 3 is 2.56 bits per heavy atom. The summed E-state index contributed by atoms with van der Waals surface area (Å²) in [5, 5.41) is 0. The predicted octanol–water partition coefficient (Wildman–Crippen LogP) is 3.48. The minimum Gasteiger partial charge on any atom is -0.494 e. The third kappa shape index (κ3) is 2.16. The smallest absolute Gasteiger partial charge is 0.165 e. The molecule has 1 heterocycles. The number of ether oxygens (including phenoxy) is 1. The van der Waals surface area contributed by atoms with E-state index in [4.69, 9.17) is 4.11 Å². The average molecular weight is 256 g/mol. The standard InChI is InChI=1S/C13H10F3NO/c1-7-3-12(17-6-11(7)16)8-4-10(15)13(18-2)5-9(8)14/h3-6H,1-2H3/i2D3. The van der Waals surface area contributed by atoms with E-state index in [0.717, 1.165) is 12.3 Å². The molecule has 0 N–H and O–H groups in total. The summed E-state index contributed by atoms with van der Waals surface area (Å²) < 4.78 is 65.8. The molecule has 0 spiro atoms. The van der Waals surface area contributed by atoms with Crippen LogP contribution in [-0.4, -0.2) is 12.0 Å². The number of hydrogen-bond donors (Lipinski definition) is 0. The van der Waals surface area contributed by atoms with Crippen LogP contribution in [0.4, 0.5) is 13.2 Å². The third-order valence-electron chi connectivity index (χ3n) is 2.45. The highest BCUT2D eigenvalue weighted by molar-refractivity contribution is 5.62. The van der Waals surface area contributed by atoms with Crippen molar-refractivity contribution in [3.8, 4) is 17.0 Å². The van der Waals surface area contributed by atoms with Gasteiger partial charge in [0, 0.05) is 11.6 Å². The molecule has 0 saturated heterocycles. The first-order chi connectivity index (χ1) is 9.67. The van der Waals surface area contributed by atoms with E-state index in [-0.39, 0.29) is 16.8 Å². The SMILES string of the molecule is [2H]C([2H])([2H])Oc1cc(F)c(-c2cc(C)c(F)cn2)cc1F. The van der Waals surface area contributed by atoms with Gasteiger partial charge in [0.1, 0.15) is 11.6 Å².